The van der Waals surface area contributed by atoms with Gasteiger partial charge >= 0.3 is 5.97 Å². The van der Waals surface area contributed by atoms with E-state index >= 15 is 0 Å². The first-order valence-electron chi connectivity index (χ1n) is 5.43. The quantitative estimate of drug-likeness (QED) is 0.869. The third-order valence-corrected chi connectivity index (χ3v) is 2.55. The molecule has 0 heterocycles. The lowest BCUT2D eigenvalue weighted by molar-refractivity contribution is 0.0696. The lowest BCUT2D eigenvalue weighted by atomic mass is 10.2. The van der Waals surface area contributed by atoms with E-state index in [1.165, 1.54) is 12.1 Å². The molecule has 3 nitrogen and oxygen atoms in total. The second-order valence-corrected chi connectivity index (χ2v) is 3.99. The average Bonchev–Trinajstić information content (AvgIpc) is 2.34. The monoisotopic (exact) mass is 245 g/mol. The van der Waals surface area contributed by atoms with Gasteiger partial charge in [-0.3, -0.25) is 0 Å². The number of carboxylic acid groups (broad SMARTS) is 1. The minimum absolute atomic E-state index is 0.0676. The van der Waals surface area contributed by atoms with Crippen LogP contribution >= 0.6 is 0 Å². The summed E-state index contributed by atoms with van der Waals surface area (Å²) >= 11 is 0. The summed E-state index contributed by atoms with van der Waals surface area (Å²) in [4.78, 5) is 10.7. The van der Waals surface area contributed by atoms with Crippen LogP contribution in [0.5, 0.6) is 0 Å². The second kappa shape index (κ2) is 4.87. The number of aromatic carboxylic acids is 1. The molecule has 0 unspecified atom stereocenters. The Morgan fingerprint density at radius 2 is 1.83 bits per heavy atom. The Kier molecular flexibility index (Phi) is 3.28. The Balaban J connectivity index is 2.24. The van der Waals surface area contributed by atoms with Crippen LogP contribution < -0.4 is 5.32 Å². The van der Waals surface area contributed by atoms with E-state index in [1.807, 2.05) is 31.2 Å². The van der Waals surface area contributed by atoms with Gasteiger partial charge in [-0.1, -0.05) is 17.7 Å². The summed E-state index contributed by atoms with van der Waals surface area (Å²) in [6, 6.07) is 11.3. The largest absolute Gasteiger partial charge is 0.478 e. The maximum Gasteiger partial charge on any atom is 0.335 e. The van der Waals surface area contributed by atoms with Gasteiger partial charge in [-0.15, -0.1) is 0 Å². The van der Waals surface area contributed by atoms with Gasteiger partial charge in [0.1, 0.15) is 5.82 Å². The summed E-state index contributed by atoms with van der Waals surface area (Å²) in [6.45, 7) is 1.96. The SMILES string of the molecule is Cc1ccc(Nc2ccc(C(=O)O)cc2F)cc1. The van der Waals surface area contributed by atoms with Crippen molar-refractivity contribution in [2.45, 2.75) is 6.92 Å². The number of hydrogen-bond acceptors (Lipinski definition) is 2. The van der Waals surface area contributed by atoms with Gasteiger partial charge in [-0.05, 0) is 37.3 Å². The predicted molar refractivity (Wildman–Crippen MR) is 67.8 cm³/mol. The Morgan fingerprint density at radius 1 is 1.17 bits per heavy atom. The van der Waals surface area contributed by atoms with Crippen LogP contribution in [0.2, 0.25) is 0 Å². The van der Waals surface area contributed by atoms with E-state index in [1.54, 1.807) is 0 Å². The van der Waals surface area contributed by atoms with E-state index in [2.05, 4.69) is 5.32 Å². The van der Waals surface area contributed by atoms with Crippen LogP contribution in [0.1, 0.15) is 15.9 Å². The minimum Gasteiger partial charge on any atom is -0.478 e. The van der Waals surface area contributed by atoms with Gasteiger partial charge in [0, 0.05) is 5.69 Å². The fourth-order valence-corrected chi connectivity index (χ4v) is 1.54. The Hall–Kier alpha value is -2.36. The summed E-state index contributed by atoms with van der Waals surface area (Å²) in [5.74, 6) is -1.73. The molecule has 18 heavy (non-hydrogen) atoms. The number of rotatable bonds is 3. The average molecular weight is 245 g/mol. The van der Waals surface area contributed by atoms with Gasteiger partial charge in [0.15, 0.2) is 0 Å². The zero-order valence-corrected chi connectivity index (χ0v) is 9.77. The number of benzene rings is 2. The molecule has 2 N–H and O–H groups in total. The Bertz CT molecular complexity index is 579. The van der Waals surface area contributed by atoms with Crippen LogP contribution in [0.3, 0.4) is 0 Å². The molecule has 2 rings (SSSR count). The topological polar surface area (TPSA) is 49.3 Å². The molecule has 0 spiro atoms. The van der Waals surface area contributed by atoms with Crippen LogP contribution in [0.25, 0.3) is 0 Å². The van der Waals surface area contributed by atoms with Gasteiger partial charge in [-0.2, -0.15) is 0 Å². The molecule has 0 aromatic heterocycles. The smallest absolute Gasteiger partial charge is 0.335 e. The number of carbonyl (C=O) groups is 1. The molecule has 0 radical (unpaired) electrons. The molecule has 2 aromatic rings. The normalized spacial score (nSPS) is 10.1. The molecule has 0 saturated carbocycles. The maximum atomic E-state index is 13.6. The van der Waals surface area contributed by atoms with E-state index in [9.17, 15) is 9.18 Å². The van der Waals surface area contributed by atoms with E-state index < -0.39 is 11.8 Å². The number of carboxylic acids is 1. The molecule has 0 fully saturated rings. The highest BCUT2D eigenvalue weighted by molar-refractivity contribution is 5.88. The van der Waals surface area contributed by atoms with Gasteiger partial charge in [0.2, 0.25) is 0 Å². The van der Waals surface area contributed by atoms with Gasteiger partial charge in [0.05, 0.1) is 11.3 Å². The maximum absolute atomic E-state index is 13.6. The van der Waals surface area contributed by atoms with Crippen molar-refractivity contribution in [3.05, 3.63) is 59.4 Å². The first kappa shape index (κ1) is 12.1. The molecule has 92 valence electrons. The third-order valence-electron chi connectivity index (χ3n) is 2.55. The zero-order valence-electron chi connectivity index (χ0n) is 9.77. The molecule has 0 aliphatic heterocycles. The summed E-state index contributed by atoms with van der Waals surface area (Å²) in [7, 11) is 0. The fourth-order valence-electron chi connectivity index (χ4n) is 1.54. The number of anilines is 2. The van der Waals surface area contributed by atoms with Crippen molar-refractivity contribution in [2.75, 3.05) is 5.32 Å². The van der Waals surface area contributed by atoms with Gasteiger partial charge < -0.3 is 10.4 Å². The summed E-state index contributed by atoms with van der Waals surface area (Å²) < 4.78 is 13.6. The van der Waals surface area contributed by atoms with Crippen LogP contribution in [-0.4, -0.2) is 11.1 Å². The first-order valence-corrected chi connectivity index (χ1v) is 5.43. The highest BCUT2D eigenvalue weighted by Crippen LogP contribution is 2.21. The Labute approximate surface area is 104 Å². The zero-order chi connectivity index (χ0) is 13.1. The van der Waals surface area contributed by atoms with Crippen molar-refractivity contribution >= 4 is 17.3 Å². The van der Waals surface area contributed by atoms with E-state index in [0.717, 1.165) is 17.3 Å². The van der Waals surface area contributed by atoms with E-state index in [4.69, 9.17) is 5.11 Å². The number of aryl methyl sites for hydroxylation is 1. The van der Waals surface area contributed by atoms with E-state index in [0.29, 0.717) is 0 Å². The minimum atomic E-state index is -1.14. The van der Waals surface area contributed by atoms with E-state index in [-0.39, 0.29) is 11.3 Å². The van der Waals surface area contributed by atoms with Gasteiger partial charge in [0.25, 0.3) is 0 Å². The number of hydrogen-bond donors (Lipinski definition) is 2. The summed E-state index contributed by atoms with van der Waals surface area (Å²) in [6.07, 6.45) is 0. The summed E-state index contributed by atoms with van der Waals surface area (Å²) in [5, 5.41) is 11.6. The molecule has 2 aromatic carbocycles. The third kappa shape index (κ3) is 2.66. The first-order chi connectivity index (χ1) is 8.56. The molecule has 0 aliphatic rings. The molecular weight excluding hydrogens is 233 g/mol. The molecular formula is C14H12FNO2. The molecule has 0 bridgehead atoms. The fraction of sp³-hybridized carbons (Fsp3) is 0.0714. The lowest BCUT2D eigenvalue weighted by Crippen LogP contribution is -1.99. The highest BCUT2D eigenvalue weighted by atomic mass is 19.1. The van der Waals surface area contributed by atoms with Crippen molar-refractivity contribution in [1.29, 1.82) is 0 Å². The van der Waals surface area contributed by atoms with Gasteiger partial charge in [-0.25, -0.2) is 9.18 Å². The Morgan fingerprint density at radius 3 is 2.39 bits per heavy atom. The molecule has 4 heteroatoms. The lowest BCUT2D eigenvalue weighted by Gasteiger charge is -2.08. The number of nitrogens with one attached hydrogen (secondary N) is 1. The van der Waals surface area contributed by atoms with Crippen LogP contribution in [0, 0.1) is 12.7 Å². The predicted octanol–water partition coefficient (Wildman–Crippen LogP) is 3.58. The van der Waals surface area contributed by atoms with Crippen molar-refractivity contribution in [2.24, 2.45) is 0 Å². The van der Waals surface area contributed by atoms with Crippen molar-refractivity contribution < 1.29 is 14.3 Å². The molecule has 0 aliphatic carbocycles. The standard InChI is InChI=1S/C14H12FNO2/c1-9-2-5-11(6-3-9)16-13-7-4-10(14(17)18)8-12(13)15/h2-8,16H,1H3,(H,17,18). The van der Waals surface area contributed by atoms with Crippen LogP contribution in [0.15, 0.2) is 42.5 Å². The van der Waals surface area contributed by atoms with Crippen LogP contribution in [0.4, 0.5) is 15.8 Å². The molecule has 0 atom stereocenters. The summed E-state index contributed by atoms with van der Waals surface area (Å²) in [5.41, 5.74) is 2.05. The van der Waals surface area contributed by atoms with Crippen molar-refractivity contribution in [1.82, 2.24) is 0 Å². The van der Waals surface area contributed by atoms with Crippen molar-refractivity contribution in [3.63, 3.8) is 0 Å². The second-order valence-electron chi connectivity index (χ2n) is 3.99. The van der Waals surface area contributed by atoms with Crippen molar-refractivity contribution in [3.8, 4) is 0 Å². The van der Waals surface area contributed by atoms with Crippen LogP contribution in [-0.2, 0) is 0 Å². The highest BCUT2D eigenvalue weighted by Gasteiger charge is 2.08. The number of halogens is 1. The molecule has 0 amide bonds. The molecule has 0 saturated heterocycles.